The van der Waals surface area contributed by atoms with Crippen molar-refractivity contribution in [3.05, 3.63) is 34.3 Å². The number of carbonyl (C=O) groups is 1. The van der Waals surface area contributed by atoms with E-state index in [1.807, 2.05) is 45.0 Å². The van der Waals surface area contributed by atoms with E-state index in [4.69, 9.17) is 9.47 Å². The number of nitrogens with one attached hydrogen (secondary N) is 1. The molecule has 0 heterocycles. The second-order valence-electron chi connectivity index (χ2n) is 5.21. The molecule has 1 unspecified atom stereocenters. The summed E-state index contributed by atoms with van der Waals surface area (Å²) in [6, 6.07) is 7.49. The molecule has 0 aliphatic heterocycles. The first-order chi connectivity index (χ1) is 8.81. The van der Waals surface area contributed by atoms with Crippen LogP contribution in [0.3, 0.4) is 0 Å². The highest BCUT2D eigenvalue weighted by Gasteiger charge is 2.20. The molecule has 1 aromatic rings. The molecule has 0 bridgehead atoms. The minimum Gasteiger partial charge on any atom is -0.444 e. The zero-order chi connectivity index (χ0) is 14.5. The zero-order valence-electron chi connectivity index (χ0n) is 11.7. The Balaban J connectivity index is 2.76. The maximum absolute atomic E-state index is 11.8. The summed E-state index contributed by atoms with van der Waals surface area (Å²) >= 11 is 3.41. The lowest BCUT2D eigenvalue weighted by atomic mass is 10.1. The average molecular weight is 330 g/mol. The fraction of sp³-hybridized carbons (Fsp3) is 0.500. The molecule has 1 aromatic carbocycles. The molecule has 0 aliphatic carbocycles. The molecule has 0 spiro atoms. The van der Waals surface area contributed by atoms with Crippen molar-refractivity contribution in [2.75, 3.05) is 13.7 Å². The van der Waals surface area contributed by atoms with Crippen LogP contribution < -0.4 is 5.32 Å². The molecule has 0 fully saturated rings. The summed E-state index contributed by atoms with van der Waals surface area (Å²) in [5.74, 6) is 0. The van der Waals surface area contributed by atoms with Gasteiger partial charge < -0.3 is 14.8 Å². The van der Waals surface area contributed by atoms with Gasteiger partial charge in [0, 0.05) is 11.6 Å². The fourth-order valence-corrected chi connectivity index (χ4v) is 1.98. The van der Waals surface area contributed by atoms with Gasteiger partial charge in [0.05, 0.1) is 12.6 Å². The molecule has 106 valence electrons. The molecule has 0 radical (unpaired) electrons. The molecule has 0 saturated carbocycles. The Morgan fingerprint density at radius 1 is 1.42 bits per heavy atom. The lowest BCUT2D eigenvalue weighted by molar-refractivity contribution is 0.0468. The van der Waals surface area contributed by atoms with Gasteiger partial charge in [0.1, 0.15) is 5.60 Å². The summed E-state index contributed by atoms with van der Waals surface area (Å²) in [6.07, 6.45) is -0.450. The summed E-state index contributed by atoms with van der Waals surface area (Å²) in [4.78, 5) is 11.8. The van der Waals surface area contributed by atoms with E-state index in [1.165, 1.54) is 0 Å². The lowest BCUT2D eigenvalue weighted by Gasteiger charge is -2.23. The van der Waals surface area contributed by atoms with Crippen molar-refractivity contribution in [3.8, 4) is 0 Å². The van der Waals surface area contributed by atoms with Crippen LogP contribution in [-0.2, 0) is 9.47 Å². The Morgan fingerprint density at radius 3 is 2.63 bits per heavy atom. The summed E-state index contributed by atoms with van der Waals surface area (Å²) in [5, 5.41) is 2.81. The molecule has 19 heavy (non-hydrogen) atoms. The standard InChI is InChI=1S/C14H20BrNO3/c1-14(2,3)19-13(17)16-12(9-18-4)10-6-5-7-11(15)8-10/h5-8,12H,9H2,1-4H3,(H,16,17). The molecule has 0 saturated heterocycles. The molecular formula is C14H20BrNO3. The van der Waals surface area contributed by atoms with Crippen LogP contribution in [0.25, 0.3) is 0 Å². The number of rotatable bonds is 4. The van der Waals surface area contributed by atoms with Gasteiger partial charge in [-0.3, -0.25) is 0 Å². The Labute approximate surface area is 122 Å². The van der Waals surface area contributed by atoms with Crippen LogP contribution in [0, 0.1) is 0 Å². The van der Waals surface area contributed by atoms with Gasteiger partial charge in [-0.25, -0.2) is 4.79 Å². The first-order valence-corrected chi connectivity index (χ1v) is 6.85. The van der Waals surface area contributed by atoms with Crippen LogP contribution in [0.1, 0.15) is 32.4 Å². The molecule has 0 aromatic heterocycles. The predicted molar refractivity (Wildman–Crippen MR) is 78.1 cm³/mol. The third-order valence-electron chi connectivity index (χ3n) is 2.28. The second-order valence-corrected chi connectivity index (χ2v) is 6.12. The van der Waals surface area contributed by atoms with Crippen LogP contribution in [0.5, 0.6) is 0 Å². The van der Waals surface area contributed by atoms with Crippen molar-refractivity contribution < 1.29 is 14.3 Å². The third kappa shape index (κ3) is 6.07. The summed E-state index contributed by atoms with van der Waals surface area (Å²) in [7, 11) is 1.60. The maximum Gasteiger partial charge on any atom is 0.408 e. The molecule has 1 atom stereocenters. The van der Waals surface area contributed by atoms with Crippen LogP contribution in [-0.4, -0.2) is 25.4 Å². The van der Waals surface area contributed by atoms with Gasteiger partial charge >= 0.3 is 6.09 Å². The first kappa shape index (κ1) is 16.0. The maximum atomic E-state index is 11.8. The van der Waals surface area contributed by atoms with Gasteiger partial charge in [0.25, 0.3) is 0 Å². The van der Waals surface area contributed by atoms with E-state index in [1.54, 1.807) is 7.11 Å². The number of carbonyl (C=O) groups excluding carboxylic acids is 1. The number of hydrogen-bond acceptors (Lipinski definition) is 3. The van der Waals surface area contributed by atoms with Gasteiger partial charge in [0.2, 0.25) is 0 Å². The largest absolute Gasteiger partial charge is 0.444 e. The molecule has 1 N–H and O–H groups in total. The van der Waals surface area contributed by atoms with E-state index in [0.29, 0.717) is 6.61 Å². The first-order valence-electron chi connectivity index (χ1n) is 6.06. The highest BCUT2D eigenvalue weighted by Crippen LogP contribution is 2.19. The third-order valence-corrected chi connectivity index (χ3v) is 2.77. The number of hydrogen-bond donors (Lipinski definition) is 1. The molecule has 1 rings (SSSR count). The SMILES string of the molecule is COCC(NC(=O)OC(C)(C)C)c1cccc(Br)c1. The van der Waals surface area contributed by atoms with Crippen molar-refractivity contribution in [1.82, 2.24) is 5.32 Å². The van der Waals surface area contributed by atoms with E-state index in [9.17, 15) is 4.79 Å². The number of ether oxygens (including phenoxy) is 2. The van der Waals surface area contributed by atoms with E-state index in [0.717, 1.165) is 10.0 Å². The Kier molecular flexibility index (Phi) is 5.82. The number of halogens is 1. The molecular weight excluding hydrogens is 310 g/mol. The van der Waals surface area contributed by atoms with Crippen LogP contribution >= 0.6 is 15.9 Å². The number of methoxy groups -OCH3 is 1. The van der Waals surface area contributed by atoms with E-state index in [2.05, 4.69) is 21.2 Å². The minimum atomic E-state index is -0.515. The Hall–Kier alpha value is -1.07. The van der Waals surface area contributed by atoms with E-state index >= 15 is 0 Å². The van der Waals surface area contributed by atoms with Gasteiger partial charge in [-0.1, -0.05) is 28.1 Å². The van der Waals surface area contributed by atoms with Crippen LogP contribution in [0.2, 0.25) is 0 Å². The van der Waals surface area contributed by atoms with Gasteiger partial charge in [-0.2, -0.15) is 0 Å². The van der Waals surface area contributed by atoms with Crippen LogP contribution in [0.15, 0.2) is 28.7 Å². The Morgan fingerprint density at radius 2 is 2.11 bits per heavy atom. The van der Waals surface area contributed by atoms with E-state index < -0.39 is 11.7 Å². The van der Waals surface area contributed by atoms with Crippen LogP contribution in [0.4, 0.5) is 4.79 Å². The summed E-state index contributed by atoms with van der Waals surface area (Å²) in [6.45, 7) is 5.88. The van der Waals surface area contributed by atoms with Crippen molar-refractivity contribution in [2.45, 2.75) is 32.4 Å². The molecule has 5 heteroatoms. The van der Waals surface area contributed by atoms with Gasteiger partial charge in [-0.15, -0.1) is 0 Å². The predicted octanol–water partition coefficient (Wildman–Crippen LogP) is 3.66. The summed E-state index contributed by atoms with van der Waals surface area (Å²) in [5.41, 5.74) is 0.445. The second kappa shape index (κ2) is 6.91. The average Bonchev–Trinajstić information content (AvgIpc) is 2.26. The fourth-order valence-electron chi connectivity index (χ4n) is 1.56. The Bertz CT molecular complexity index is 429. The normalized spacial score (nSPS) is 12.9. The number of benzene rings is 1. The van der Waals surface area contributed by atoms with Crippen molar-refractivity contribution >= 4 is 22.0 Å². The monoisotopic (exact) mass is 329 g/mol. The molecule has 1 amide bonds. The quantitative estimate of drug-likeness (QED) is 0.916. The highest BCUT2D eigenvalue weighted by molar-refractivity contribution is 9.10. The van der Waals surface area contributed by atoms with Gasteiger partial charge in [0.15, 0.2) is 0 Å². The van der Waals surface area contributed by atoms with Gasteiger partial charge in [-0.05, 0) is 38.5 Å². The zero-order valence-corrected chi connectivity index (χ0v) is 13.3. The lowest BCUT2D eigenvalue weighted by Crippen LogP contribution is -2.36. The molecule has 0 aliphatic rings. The van der Waals surface area contributed by atoms with Crippen molar-refractivity contribution in [3.63, 3.8) is 0 Å². The number of amides is 1. The van der Waals surface area contributed by atoms with Crippen molar-refractivity contribution in [2.24, 2.45) is 0 Å². The minimum absolute atomic E-state index is 0.239. The van der Waals surface area contributed by atoms with E-state index in [-0.39, 0.29) is 6.04 Å². The smallest absolute Gasteiger partial charge is 0.408 e. The molecule has 4 nitrogen and oxygen atoms in total. The van der Waals surface area contributed by atoms with Crippen molar-refractivity contribution in [1.29, 1.82) is 0 Å². The summed E-state index contributed by atoms with van der Waals surface area (Å²) < 4.78 is 11.3. The topological polar surface area (TPSA) is 47.6 Å². The highest BCUT2D eigenvalue weighted by atomic mass is 79.9. The number of alkyl carbamates (subject to hydrolysis) is 1.